The number of likely N-dealkylation sites (N-methyl/N-ethyl adjacent to an activating group) is 1. The van der Waals surface area contributed by atoms with Crippen LogP contribution in [0.5, 0.6) is 0 Å². The van der Waals surface area contributed by atoms with Gasteiger partial charge < -0.3 is 15.1 Å². The number of rotatable bonds is 5. The molecule has 0 spiro atoms. The van der Waals surface area contributed by atoms with Crippen molar-refractivity contribution in [2.75, 3.05) is 19.7 Å². The predicted octanol–water partition coefficient (Wildman–Crippen LogP) is 0.633. The Morgan fingerprint density at radius 2 is 1.88 bits per heavy atom. The average Bonchev–Trinajstić information content (AvgIpc) is 2.35. The highest BCUT2D eigenvalue weighted by atomic mass is 16.3. The molecule has 88 valence electrons. The fraction of sp³-hybridized carbons (Fsp3) is 0.417. The zero-order valence-electron chi connectivity index (χ0n) is 9.39. The molecule has 4 heteroatoms. The third-order valence-corrected chi connectivity index (χ3v) is 2.42. The largest absolute Gasteiger partial charge is 0.395 e. The van der Waals surface area contributed by atoms with Gasteiger partial charge in [0.1, 0.15) is 0 Å². The second-order valence-electron chi connectivity index (χ2n) is 3.46. The average molecular weight is 223 g/mol. The van der Waals surface area contributed by atoms with Crippen LogP contribution >= 0.6 is 0 Å². The maximum atomic E-state index is 11.9. The minimum absolute atomic E-state index is 0.0252. The molecule has 0 fully saturated rings. The lowest BCUT2D eigenvalue weighted by Crippen LogP contribution is -2.33. The fourth-order valence-corrected chi connectivity index (χ4v) is 1.46. The Balaban J connectivity index is 2.78. The Morgan fingerprint density at radius 3 is 2.31 bits per heavy atom. The molecule has 4 nitrogen and oxygen atoms in total. The maximum absolute atomic E-state index is 11.9. The highest BCUT2D eigenvalue weighted by Gasteiger charge is 2.12. The molecule has 1 aromatic carbocycles. The first kappa shape index (κ1) is 12.7. The lowest BCUT2D eigenvalue weighted by atomic mass is 10.1. The Labute approximate surface area is 95.1 Å². The number of aliphatic hydroxyl groups excluding tert-OH is 2. The predicted molar refractivity (Wildman–Crippen MR) is 61.0 cm³/mol. The highest BCUT2D eigenvalue weighted by molar-refractivity contribution is 5.94. The van der Waals surface area contributed by atoms with Gasteiger partial charge in [-0.3, -0.25) is 4.79 Å². The van der Waals surface area contributed by atoms with E-state index in [2.05, 4.69) is 0 Å². The van der Waals surface area contributed by atoms with E-state index >= 15 is 0 Å². The van der Waals surface area contributed by atoms with E-state index in [1.807, 2.05) is 6.92 Å². The monoisotopic (exact) mass is 223 g/mol. The number of hydrogen-bond donors (Lipinski definition) is 2. The molecule has 0 saturated carbocycles. The summed E-state index contributed by atoms with van der Waals surface area (Å²) in [7, 11) is 0. The molecular formula is C12H17NO3. The van der Waals surface area contributed by atoms with Crippen LogP contribution in [-0.4, -0.2) is 40.7 Å². The molecule has 0 atom stereocenters. The SMILES string of the molecule is CCN(CCO)C(=O)c1ccc(CO)cc1. The zero-order valence-corrected chi connectivity index (χ0v) is 9.39. The fourth-order valence-electron chi connectivity index (χ4n) is 1.46. The van der Waals surface area contributed by atoms with E-state index in [1.165, 1.54) is 0 Å². The first-order valence-corrected chi connectivity index (χ1v) is 5.32. The van der Waals surface area contributed by atoms with Gasteiger partial charge in [0.15, 0.2) is 0 Å². The second kappa shape index (κ2) is 6.25. The van der Waals surface area contributed by atoms with Gasteiger partial charge in [0.2, 0.25) is 0 Å². The van der Waals surface area contributed by atoms with Crippen LogP contribution < -0.4 is 0 Å². The summed E-state index contributed by atoms with van der Waals surface area (Å²) in [4.78, 5) is 13.5. The molecule has 0 aliphatic carbocycles. The summed E-state index contributed by atoms with van der Waals surface area (Å²) in [5, 5.41) is 17.7. The summed E-state index contributed by atoms with van der Waals surface area (Å²) in [6.45, 7) is 2.73. The first-order valence-electron chi connectivity index (χ1n) is 5.32. The van der Waals surface area contributed by atoms with Gasteiger partial charge in [-0.05, 0) is 24.6 Å². The van der Waals surface area contributed by atoms with Gasteiger partial charge in [0, 0.05) is 18.7 Å². The van der Waals surface area contributed by atoms with Crippen LogP contribution in [0, 0.1) is 0 Å². The van der Waals surface area contributed by atoms with Crippen molar-refractivity contribution in [2.24, 2.45) is 0 Å². The summed E-state index contributed by atoms with van der Waals surface area (Å²) < 4.78 is 0. The molecule has 1 aromatic rings. The van der Waals surface area contributed by atoms with Crippen molar-refractivity contribution in [3.63, 3.8) is 0 Å². The zero-order chi connectivity index (χ0) is 12.0. The standard InChI is InChI=1S/C12H17NO3/c1-2-13(7-8-14)12(16)11-5-3-10(9-15)4-6-11/h3-6,14-15H,2,7-9H2,1H3. The van der Waals surface area contributed by atoms with Crippen LogP contribution in [0.1, 0.15) is 22.8 Å². The minimum atomic E-state index is -0.0963. The number of carbonyl (C=O) groups excluding carboxylic acids is 1. The second-order valence-corrected chi connectivity index (χ2v) is 3.46. The lowest BCUT2D eigenvalue weighted by Gasteiger charge is -2.19. The van der Waals surface area contributed by atoms with E-state index in [9.17, 15) is 4.79 Å². The Hall–Kier alpha value is -1.39. The number of nitrogens with zero attached hydrogens (tertiary/aromatic N) is 1. The molecule has 0 saturated heterocycles. The van der Waals surface area contributed by atoms with E-state index in [0.29, 0.717) is 18.7 Å². The summed E-state index contributed by atoms with van der Waals surface area (Å²) in [5.41, 5.74) is 1.36. The van der Waals surface area contributed by atoms with Crippen molar-refractivity contribution in [1.82, 2.24) is 4.90 Å². The van der Waals surface area contributed by atoms with Crippen LogP contribution in [-0.2, 0) is 6.61 Å². The molecule has 1 rings (SSSR count). The van der Waals surface area contributed by atoms with Gasteiger partial charge in [-0.1, -0.05) is 12.1 Å². The molecule has 0 aliphatic heterocycles. The topological polar surface area (TPSA) is 60.8 Å². The van der Waals surface area contributed by atoms with Gasteiger partial charge >= 0.3 is 0 Å². The molecule has 0 heterocycles. The number of hydrogen-bond acceptors (Lipinski definition) is 3. The van der Waals surface area contributed by atoms with Crippen molar-refractivity contribution >= 4 is 5.91 Å². The Bertz CT molecular complexity index is 335. The number of carbonyl (C=O) groups is 1. The van der Waals surface area contributed by atoms with Gasteiger partial charge in [-0.2, -0.15) is 0 Å². The van der Waals surface area contributed by atoms with Gasteiger partial charge in [0.05, 0.1) is 13.2 Å². The normalized spacial score (nSPS) is 10.2. The smallest absolute Gasteiger partial charge is 0.253 e. The molecule has 0 aromatic heterocycles. The molecule has 0 aliphatic rings. The van der Waals surface area contributed by atoms with Gasteiger partial charge in [-0.15, -0.1) is 0 Å². The van der Waals surface area contributed by atoms with Gasteiger partial charge in [-0.25, -0.2) is 0 Å². The summed E-state index contributed by atoms with van der Waals surface area (Å²) in [6.07, 6.45) is 0. The van der Waals surface area contributed by atoms with Crippen LogP contribution in [0.2, 0.25) is 0 Å². The third-order valence-electron chi connectivity index (χ3n) is 2.42. The van der Waals surface area contributed by atoms with E-state index in [4.69, 9.17) is 10.2 Å². The van der Waals surface area contributed by atoms with Crippen molar-refractivity contribution in [3.05, 3.63) is 35.4 Å². The molecule has 1 amide bonds. The molecular weight excluding hydrogens is 206 g/mol. The van der Waals surface area contributed by atoms with Crippen molar-refractivity contribution in [2.45, 2.75) is 13.5 Å². The van der Waals surface area contributed by atoms with Crippen LogP contribution in [0.4, 0.5) is 0 Å². The Morgan fingerprint density at radius 1 is 1.25 bits per heavy atom. The lowest BCUT2D eigenvalue weighted by molar-refractivity contribution is 0.0732. The third kappa shape index (κ3) is 3.05. The van der Waals surface area contributed by atoms with Crippen molar-refractivity contribution in [3.8, 4) is 0 Å². The number of aliphatic hydroxyl groups is 2. The van der Waals surface area contributed by atoms with Crippen molar-refractivity contribution in [1.29, 1.82) is 0 Å². The maximum Gasteiger partial charge on any atom is 0.253 e. The highest BCUT2D eigenvalue weighted by Crippen LogP contribution is 2.07. The van der Waals surface area contributed by atoms with Gasteiger partial charge in [0.25, 0.3) is 5.91 Å². The van der Waals surface area contributed by atoms with E-state index in [0.717, 1.165) is 5.56 Å². The quantitative estimate of drug-likeness (QED) is 0.769. The molecule has 0 unspecified atom stereocenters. The molecule has 0 bridgehead atoms. The Kier molecular flexibility index (Phi) is 4.95. The van der Waals surface area contributed by atoms with Crippen LogP contribution in [0.3, 0.4) is 0 Å². The summed E-state index contributed by atoms with van der Waals surface area (Å²) in [5.74, 6) is -0.0963. The van der Waals surface area contributed by atoms with E-state index in [-0.39, 0.29) is 19.1 Å². The van der Waals surface area contributed by atoms with Crippen LogP contribution in [0.15, 0.2) is 24.3 Å². The first-order chi connectivity index (χ1) is 7.72. The molecule has 2 N–H and O–H groups in total. The minimum Gasteiger partial charge on any atom is -0.395 e. The van der Waals surface area contributed by atoms with Crippen LogP contribution in [0.25, 0.3) is 0 Å². The van der Waals surface area contributed by atoms with Crippen molar-refractivity contribution < 1.29 is 15.0 Å². The number of amides is 1. The summed E-state index contributed by atoms with van der Waals surface area (Å²) >= 11 is 0. The van der Waals surface area contributed by atoms with E-state index in [1.54, 1.807) is 29.2 Å². The summed E-state index contributed by atoms with van der Waals surface area (Å²) in [6, 6.07) is 6.82. The molecule has 16 heavy (non-hydrogen) atoms. The number of benzene rings is 1. The van der Waals surface area contributed by atoms with E-state index < -0.39 is 0 Å². The molecule has 0 radical (unpaired) electrons.